The first-order chi connectivity index (χ1) is 15.6. The summed E-state index contributed by atoms with van der Waals surface area (Å²) in [5.41, 5.74) is 7.88. The molecular weight excluding hydrogens is 425 g/mol. The topological polar surface area (TPSA) is 105 Å². The van der Waals surface area contributed by atoms with Crippen molar-refractivity contribution in [1.29, 1.82) is 0 Å². The number of aliphatic hydroxyl groups is 1. The molecule has 7 nitrogen and oxygen atoms in total. The van der Waals surface area contributed by atoms with Crippen LogP contribution in [0.5, 0.6) is 0 Å². The molecule has 8 heteroatoms. The van der Waals surface area contributed by atoms with Gasteiger partial charge < -0.3 is 25.8 Å². The summed E-state index contributed by atoms with van der Waals surface area (Å²) in [5, 5.41) is 12.2. The minimum Gasteiger partial charge on any atom is -0.460 e. The van der Waals surface area contributed by atoms with Crippen LogP contribution < -0.4 is 16.0 Å². The molecule has 1 saturated heterocycles. The molecule has 0 spiro atoms. The van der Waals surface area contributed by atoms with Crippen LogP contribution in [0.3, 0.4) is 0 Å². The van der Waals surface area contributed by atoms with Crippen molar-refractivity contribution in [3.63, 3.8) is 0 Å². The molecule has 2 aromatic rings. The average Bonchev–Trinajstić information content (AvgIpc) is 2.74. The van der Waals surface area contributed by atoms with E-state index in [0.29, 0.717) is 22.5 Å². The van der Waals surface area contributed by atoms with E-state index in [9.17, 15) is 19.1 Å². The van der Waals surface area contributed by atoms with E-state index in [1.807, 2.05) is 0 Å². The van der Waals surface area contributed by atoms with Crippen molar-refractivity contribution in [2.75, 3.05) is 35.6 Å². The molecule has 1 heterocycles. The Hall–Kier alpha value is -3.13. The number of halogens is 1. The molecule has 1 aliphatic heterocycles. The molecule has 3 rings (SSSR count). The fourth-order valence-electron chi connectivity index (χ4n) is 3.97. The minimum atomic E-state index is -0.668. The predicted molar refractivity (Wildman–Crippen MR) is 127 cm³/mol. The number of nitrogen functional groups attached to an aromatic ring is 1. The number of carbonyl (C=O) groups is 2. The Kier molecular flexibility index (Phi) is 7.58. The summed E-state index contributed by atoms with van der Waals surface area (Å²) in [5.74, 6) is -1.23. The summed E-state index contributed by atoms with van der Waals surface area (Å²) in [6.07, 6.45) is 1.78. The van der Waals surface area contributed by atoms with Gasteiger partial charge in [-0.3, -0.25) is 9.59 Å². The molecule has 0 aliphatic carbocycles. The average molecular weight is 458 g/mol. The van der Waals surface area contributed by atoms with Gasteiger partial charge in [0.15, 0.2) is 0 Å². The van der Waals surface area contributed by atoms with Crippen LogP contribution >= 0.6 is 0 Å². The molecule has 178 valence electrons. The van der Waals surface area contributed by atoms with Crippen LogP contribution in [0.1, 0.15) is 49.5 Å². The maximum absolute atomic E-state index is 13.8. The molecule has 0 bridgehead atoms. The summed E-state index contributed by atoms with van der Waals surface area (Å²) in [4.78, 5) is 27.2. The second-order valence-corrected chi connectivity index (χ2v) is 9.43. The normalized spacial score (nSPS) is 16.4. The first-order valence-electron chi connectivity index (χ1n) is 11.1. The van der Waals surface area contributed by atoms with Crippen molar-refractivity contribution in [3.05, 3.63) is 53.3 Å². The van der Waals surface area contributed by atoms with Gasteiger partial charge in [-0.25, -0.2) is 4.39 Å². The maximum Gasteiger partial charge on any atom is 0.310 e. The fraction of sp³-hybridized carbons (Fsp3) is 0.440. The van der Waals surface area contributed by atoms with E-state index in [2.05, 4.69) is 10.2 Å². The third-order valence-electron chi connectivity index (χ3n) is 5.48. The number of nitrogens with zero attached hydrogens (tertiary/aromatic N) is 1. The predicted octanol–water partition coefficient (Wildman–Crippen LogP) is 3.75. The van der Waals surface area contributed by atoms with Gasteiger partial charge in [0.05, 0.1) is 17.8 Å². The summed E-state index contributed by atoms with van der Waals surface area (Å²) < 4.78 is 19.1. The van der Waals surface area contributed by atoms with Gasteiger partial charge in [-0.15, -0.1) is 0 Å². The Bertz CT molecular complexity index is 1020. The lowest BCUT2D eigenvalue weighted by atomic mass is 9.98. The number of benzene rings is 2. The number of rotatable bonds is 6. The van der Waals surface area contributed by atoms with E-state index in [-0.39, 0.29) is 18.9 Å². The zero-order chi connectivity index (χ0) is 24.2. The van der Waals surface area contributed by atoms with Gasteiger partial charge >= 0.3 is 5.97 Å². The zero-order valence-electron chi connectivity index (χ0n) is 19.4. The highest BCUT2D eigenvalue weighted by Gasteiger charge is 2.22. The number of ether oxygens (including phenoxy) is 1. The standard InChI is InChI=1S/C25H32FN3O4/c1-25(2,3)33-23(31)13-18-11-19(26)7-8-21(18)28-24(32)17-6-9-22(20(27)12-17)29-10-4-5-16(14-29)15-30/h6-9,11-12,16,30H,4-5,10,13-15,27H2,1-3H3,(H,28,32). The fourth-order valence-corrected chi connectivity index (χ4v) is 3.97. The van der Waals surface area contributed by atoms with E-state index in [0.717, 1.165) is 31.6 Å². The molecule has 33 heavy (non-hydrogen) atoms. The van der Waals surface area contributed by atoms with E-state index in [4.69, 9.17) is 10.5 Å². The second kappa shape index (κ2) is 10.2. The molecule has 1 unspecified atom stereocenters. The maximum atomic E-state index is 13.8. The number of amides is 1. The Balaban J connectivity index is 1.75. The van der Waals surface area contributed by atoms with Gasteiger partial charge in [-0.1, -0.05) is 0 Å². The van der Waals surface area contributed by atoms with Crippen molar-refractivity contribution < 1.29 is 23.8 Å². The van der Waals surface area contributed by atoms with Crippen molar-refractivity contribution in [2.45, 2.75) is 45.6 Å². The van der Waals surface area contributed by atoms with Gasteiger partial charge in [0, 0.05) is 30.9 Å². The highest BCUT2D eigenvalue weighted by molar-refractivity contribution is 6.06. The van der Waals surface area contributed by atoms with E-state index >= 15 is 0 Å². The number of piperidine rings is 1. The third-order valence-corrected chi connectivity index (χ3v) is 5.48. The molecule has 1 fully saturated rings. The lowest BCUT2D eigenvalue weighted by Gasteiger charge is -2.34. The van der Waals surface area contributed by atoms with Crippen LogP contribution in [-0.2, 0) is 16.0 Å². The first kappa shape index (κ1) is 24.5. The van der Waals surface area contributed by atoms with E-state index < -0.39 is 23.3 Å². The molecule has 0 saturated carbocycles. The lowest BCUT2D eigenvalue weighted by molar-refractivity contribution is -0.153. The lowest BCUT2D eigenvalue weighted by Crippen LogP contribution is -2.37. The largest absolute Gasteiger partial charge is 0.460 e. The number of anilines is 3. The number of hydrogen-bond donors (Lipinski definition) is 3. The van der Waals surface area contributed by atoms with Crippen LogP contribution in [0, 0.1) is 11.7 Å². The van der Waals surface area contributed by atoms with Crippen LogP contribution in [0.4, 0.5) is 21.5 Å². The molecule has 2 aromatic carbocycles. The van der Waals surface area contributed by atoms with Gasteiger partial charge in [0.25, 0.3) is 5.91 Å². The highest BCUT2D eigenvalue weighted by Crippen LogP contribution is 2.29. The van der Waals surface area contributed by atoms with Crippen LogP contribution in [0.2, 0.25) is 0 Å². The number of esters is 1. The Labute approximate surface area is 193 Å². The van der Waals surface area contributed by atoms with Gasteiger partial charge in [-0.05, 0) is 81.5 Å². The number of carbonyl (C=O) groups excluding carboxylic acids is 2. The summed E-state index contributed by atoms with van der Waals surface area (Å²) >= 11 is 0. The molecule has 0 radical (unpaired) electrons. The monoisotopic (exact) mass is 457 g/mol. The smallest absolute Gasteiger partial charge is 0.310 e. The van der Waals surface area contributed by atoms with Crippen molar-refractivity contribution >= 4 is 28.9 Å². The van der Waals surface area contributed by atoms with E-state index in [1.165, 1.54) is 18.2 Å². The number of aliphatic hydroxyl groups excluding tert-OH is 1. The Morgan fingerprint density at radius 3 is 2.67 bits per heavy atom. The number of hydrogen-bond acceptors (Lipinski definition) is 6. The molecule has 1 amide bonds. The van der Waals surface area contributed by atoms with Crippen molar-refractivity contribution in [1.82, 2.24) is 0 Å². The molecular formula is C25H32FN3O4. The Morgan fingerprint density at radius 1 is 1.24 bits per heavy atom. The van der Waals surface area contributed by atoms with Crippen molar-refractivity contribution in [3.8, 4) is 0 Å². The molecule has 0 aromatic heterocycles. The van der Waals surface area contributed by atoms with Crippen LogP contribution in [0.15, 0.2) is 36.4 Å². The van der Waals surface area contributed by atoms with Crippen molar-refractivity contribution in [2.24, 2.45) is 5.92 Å². The third kappa shape index (κ3) is 6.68. The highest BCUT2D eigenvalue weighted by atomic mass is 19.1. The minimum absolute atomic E-state index is 0.139. The number of nitrogens with one attached hydrogen (secondary N) is 1. The van der Waals surface area contributed by atoms with E-state index in [1.54, 1.807) is 39.0 Å². The van der Waals surface area contributed by atoms with Gasteiger partial charge in [0.2, 0.25) is 0 Å². The summed E-state index contributed by atoms with van der Waals surface area (Å²) in [7, 11) is 0. The molecule has 1 aliphatic rings. The first-order valence-corrected chi connectivity index (χ1v) is 11.1. The molecule has 1 atom stereocenters. The van der Waals surface area contributed by atoms with Gasteiger partial charge in [0.1, 0.15) is 11.4 Å². The van der Waals surface area contributed by atoms with Gasteiger partial charge in [-0.2, -0.15) is 0 Å². The van der Waals surface area contributed by atoms with Crippen LogP contribution in [0.25, 0.3) is 0 Å². The summed E-state index contributed by atoms with van der Waals surface area (Å²) in [6, 6.07) is 8.94. The Morgan fingerprint density at radius 2 is 2.00 bits per heavy atom. The summed E-state index contributed by atoms with van der Waals surface area (Å²) in [6.45, 7) is 6.95. The quantitative estimate of drug-likeness (QED) is 0.451. The van der Waals surface area contributed by atoms with Crippen LogP contribution in [-0.4, -0.2) is 42.3 Å². The second-order valence-electron chi connectivity index (χ2n) is 9.43. The zero-order valence-corrected chi connectivity index (χ0v) is 19.4. The SMILES string of the molecule is CC(C)(C)OC(=O)Cc1cc(F)ccc1NC(=O)c1ccc(N2CCCC(CO)C2)c(N)c1. The molecule has 4 N–H and O–H groups in total. The number of nitrogens with two attached hydrogens (primary N) is 1.